The number of ketones is 2. The predicted octanol–water partition coefficient (Wildman–Crippen LogP) is 3.54. The summed E-state index contributed by atoms with van der Waals surface area (Å²) < 4.78 is 0. The normalized spacial score (nSPS) is 11.1. The van der Waals surface area contributed by atoms with Gasteiger partial charge in [-0.3, -0.25) is 9.59 Å². The first-order valence-electron chi connectivity index (χ1n) is 8.56. The molecule has 0 atom stereocenters. The molecule has 0 fully saturated rings. The molecule has 0 saturated heterocycles. The molecule has 3 rings (SSSR count). The highest BCUT2D eigenvalue weighted by molar-refractivity contribution is 6.42. The van der Waals surface area contributed by atoms with Gasteiger partial charge in [0.1, 0.15) is 5.41 Å². The molecule has 0 heterocycles. The lowest BCUT2D eigenvalue weighted by Crippen LogP contribution is -2.43. The topological polar surface area (TPSA) is 54.4 Å². The standard InChI is InChI=1S/C23H20O3/c24-17-16-21(25)22(26)23(18-10-4-1-5-11-18,19-12-6-2-7-13-19)20-14-8-3-9-15-20/h1-15,24H,16-17H2. The summed E-state index contributed by atoms with van der Waals surface area (Å²) in [5, 5.41) is 9.19. The number of carbonyl (C=O) groups is 2. The first-order valence-corrected chi connectivity index (χ1v) is 8.56. The van der Waals surface area contributed by atoms with E-state index in [2.05, 4.69) is 0 Å². The maximum atomic E-state index is 13.5. The number of hydrogen-bond donors (Lipinski definition) is 1. The van der Waals surface area contributed by atoms with E-state index in [-0.39, 0.29) is 13.0 Å². The van der Waals surface area contributed by atoms with E-state index in [9.17, 15) is 14.7 Å². The summed E-state index contributed by atoms with van der Waals surface area (Å²) in [5.41, 5.74) is 0.951. The van der Waals surface area contributed by atoms with E-state index in [1.54, 1.807) is 0 Å². The third-order valence-electron chi connectivity index (χ3n) is 4.55. The molecule has 0 spiro atoms. The van der Waals surface area contributed by atoms with Crippen molar-refractivity contribution in [3.8, 4) is 0 Å². The van der Waals surface area contributed by atoms with Crippen LogP contribution in [-0.4, -0.2) is 23.3 Å². The zero-order valence-corrected chi connectivity index (χ0v) is 14.3. The van der Waals surface area contributed by atoms with E-state index >= 15 is 0 Å². The summed E-state index contributed by atoms with van der Waals surface area (Å²) in [6.07, 6.45) is -0.187. The van der Waals surface area contributed by atoms with Crippen molar-refractivity contribution in [2.24, 2.45) is 0 Å². The molecule has 1 N–H and O–H groups in total. The Kier molecular flexibility index (Phi) is 5.40. The molecule has 3 nitrogen and oxygen atoms in total. The molecule has 0 aromatic heterocycles. The fraction of sp³-hybridized carbons (Fsp3) is 0.130. The molecular weight excluding hydrogens is 324 g/mol. The van der Waals surface area contributed by atoms with Gasteiger partial charge in [0.15, 0.2) is 0 Å². The van der Waals surface area contributed by atoms with Crippen LogP contribution in [0.1, 0.15) is 23.1 Å². The van der Waals surface area contributed by atoms with Crippen LogP contribution in [0.4, 0.5) is 0 Å². The second-order valence-electron chi connectivity index (χ2n) is 6.07. The third-order valence-corrected chi connectivity index (χ3v) is 4.55. The summed E-state index contributed by atoms with van der Waals surface area (Å²) in [6.45, 7) is -0.348. The number of Topliss-reactive ketones (excluding diaryl/α,β-unsaturated/α-hetero) is 2. The van der Waals surface area contributed by atoms with Crippen molar-refractivity contribution in [1.29, 1.82) is 0 Å². The fourth-order valence-electron chi connectivity index (χ4n) is 3.38. The minimum atomic E-state index is -1.24. The van der Waals surface area contributed by atoms with Crippen LogP contribution in [0.3, 0.4) is 0 Å². The molecule has 0 unspecified atom stereocenters. The Morgan fingerprint density at radius 1 is 0.654 bits per heavy atom. The maximum Gasteiger partial charge on any atom is 0.217 e. The van der Waals surface area contributed by atoms with E-state index in [0.717, 1.165) is 16.7 Å². The van der Waals surface area contributed by atoms with Crippen LogP contribution in [0.25, 0.3) is 0 Å². The van der Waals surface area contributed by atoms with E-state index in [4.69, 9.17) is 0 Å². The van der Waals surface area contributed by atoms with Gasteiger partial charge in [0, 0.05) is 6.42 Å². The molecule has 3 aromatic carbocycles. The van der Waals surface area contributed by atoms with Gasteiger partial charge >= 0.3 is 0 Å². The molecule has 0 bridgehead atoms. The van der Waals surface area contributed by atoms with Crippen LogP contribution in [-0.2, 0) is 15.0 Å². The van der Waals surface area contributed by atoms with Crippen LogP contribution in [0.2, 0.25) is 0 Å². The SMILES string of the molecule is O=C(CCO)C(=O)C(c1ccccc1)(c1ccccc1)c1ccccc1. The van der Waals surface area contributed by atoms with Crippen LogP contribution in [0.5, 0.6) is 0 Å². The largest absolute Gasteiger partial charge is 0.396 e. The maximum absolute atomic E-state index is 13.5. The van der Waals surface area contributed by atoms with E-state index in [1.165, 1.54) is 0 Å². The van der Waals surface area contributed by atoms with Crippen molar-refractivity contribution in [2.45, 2.75) is 11.8 Å². The van der Waals surface area contributed by atoms with Gasteiger partial charge in [-0.05, 0) is 16.7 Å². The Hall–Kier alpha value is -3.04. The van der Waals surface area contributed by atoms with Gasteiger partial charge in [0.2, 0.25) is 11.6 Å². The average Bonchev–Trinajstić information content (AvgIpc) is 2.71. The minimum Gasteiger partial charge on any atom is -0.396 e. The van der Waals surface area contributed by atoms with Crippen molar-refractivity contribution in [2.75, 3.05) is 6.61 Å². The van der Waals surface area contributed by atoms with Gasteiger partial charge in [-0.25, -0.2) is 0 Å². The van der Waals surface area contributed by atoms with Crippen LogP contribution >= 0.6 is 0 Å². The highest BCUT2D eigenvalue weighted by atomic mass is 16.3. The van der Waals surface area contributed by atoms with Crippen molar-refractivity contribution < 1.29 is 14.7 Å². The van der Waals surface area contributed by atoms with E-state index < -0.39 is 17.0 Å². The Balaban J connectivity index is 2.36. The molecule has 0 radical (unpaired) electrons. The number of hydrogen-bond acceptors (Lipinski definition) is 3. The quantitative estimate of drug-likeness (QED) is 0.527. The van der Waals surface area contributed by atoms with Crippen LogP contribution in [0.15, 0.2) is 91.0 Å². The lowest BCUT2D eigenvalue weighted by Gasteiger charge is -2.33. The zero-order valence-electron chi connectivity index (χ0n) is 14.3. The summed E-state index contributed by atoms with van der Waals surface area (Å²) in [4.78, 5) is 26.1. The lowest BCUT2D eigenvalue weighted by molar-refractivity contribution is -0.138. The summed E-state index contributed by atoms with van der Waals surface area (Å²) in [7, 11) is 0. The van der Waals surface area contributed by atoms with Gasteiger partial charge in [-0.2, -0.15) is 0 Å². The lowest BCUT2D eigenvalue weighted by atomic mass is 9.65. The van der Waals surface area contributed by atoms with Gasteiger partial charge in [-0.1, -0.05) is 91.0 Å². The van der Waals surface area contributed by atoms with Gasteiger partial charge < -0.3 is 5.11 Å². The molecule has 3 heteroatoms. The monoisotopic (exact) mass is 344 g/mol. The van der Waals surface area contributed by atoms with Gasteiger partial charge in [0.25, 0.3) is 0 Å². The molecule has 26 heavy (non-hydrogen) atoms. The summed E-state index contributed by atoms with van der Waals surface area (Å²) in [5.74, 6) is -1.11. The van der Waals surface area contributed by atoms with E-state index in [1.807, 2.05) is 91.0 Å². The highest BCUT2D eigenvalue weighted by Crippen LogP contribution is 2.40. The van der Waals surface area contributed by atoms with Crippen molar-refractivity contribution in [1.82, 2.24) is 0 Å². The Labute approximate surface area is 152 Å². The highest BCUT2D eigenvalue weighted by Gasteiger charge is 2.46. The summed E-state index contributed by atoms with van der Waals surface area (Å²) in [6, 6.07) is 28.0. The second-order valence-corrected chi connectivity index (χ2v) is 6.07. The van der Waals surface area contributed by atoms with Crippen LogP contribution in [0, 0.1) is 0 Å². The Morgan fingerprint density at radius 2 is 1.00 bits per heavy atom. The Bertz CT molecular complexity index is 774. The van der Waals surface area contributed by atoms with Crippen LogP contribution < -0.4 is 0 Å². The minimum absolute atomic E-state index is 0.187. The summed E-state index contributed by atoms with van der Waals surface area (Å²) >= 11 is 0. The molecule has 0 aliphatic heterocycles. The molecular formula is C23H20O3. The molecule has 0 aliphatic rings. The number of rotatable bonds is 7. The van der Waals surface area contributed by atoms with Gasteiger partial charge in [0.05, 0.1) is 6.61 Å². The Morgan fingerprint density at radius 3 is 1.31 bits per heavy atom. The molecule has 0 amide bonds. The first-order chi connectivity index (χ1) is 12.7. The number of carbonyl (C=O) groups excluding carboxylic acids is 2. The average molecular weight is 344 g/mol. The molecule has 130 valence electrons. The molecule has 0 saturated carbocycles. The zero-order chi connectivity index (χ0) is 18.4. The smallest absolute Gasteiger partial charge is 0.217 e. The van der Waals surface area contributed by atoms with Crippen molar-refractivity contribution in [3.63, 3.8) is 0 Å². The first kappa shape index (κ1) is 17.8. The van der Waals surface area contributed by atoms with Gasteiger partial charge in [-0.15, -0.1) is 0 Å². The fourth-order valence-corrected chi connectivity index (χ4v) is 3.38. The van der Waals surface area contributed by atoms with Crippen molar-refractivity contribution >= 4 is 11.6 Å². The predicted molar refractivity (Wildman–Crippen MR) is 101 cm³/mol. The second kappa shape index (κ2) is 7.89. The molecule has 0 aliphatic carbocycles. The number of aliphatic hydroxyl groups excluding tert-OH is 1. The van der Waals surface area contributed by atoms with Crippen molar-refractivity contribution in [3.05, 3.63) is 108 Å². The van der Waals surface area contributed by atoms with E-state index in [0.29, 0.717) is 0 Å². The number of benzene rings is 3. The number of aliphatic hydroxyl groups is 1. The molecule has 3 aromatic rings. The third kappa shape index (κ3) is 3.09.